The van der Waals surface area contributed by atoms with Crippen LogP contribution in [0.1, 0.15) is 5.56 Å². The van der Waals surface area contributed by atoms with Crippen molar-refractivity contribution in [2.75, 3.05) is 0 Å². The number of pyridine rings is 1. The smallest absolute Gasteiger partial charge is 0.216 e. The number of phenolic OH excluding ortho intramolecular Hbond substituents is 1. The van der Waals surface area contributed by atoms with Crippen LogP contribution in [0.5, 0.6) is 5.75 Å². The molecule has 0 aliphatic carbocycles. The summed E-state index contributed by atoms with van der Waals surface area (Å²) in [6.07, 6.45) is 4.96. The first-order valence-electron chi connectivity index (χ1n) is 6.15. The van der Waals surface area contributed by atoms with Crippen LogP contribution in [-0.4, -0.2) is 31.2 Å². The number of phenols is 1. The lowest BCUT2D eigenvalue weighted by atomic mass is 10.2. The molecule has 0 bridgehead atoms. The summed E-state index contributed by atoms with van der Waals surface area (Å²) < 4.78 is 1.91. The van der Waals surface area contributed by atoms with Gasteiger partial charge in [-0.1, -0.05) is 12.1 Å². The van der Waals surface area contributed by atoms with E-state index in [0.29, 0.717) is 10.6 Å². The highest BCUT2D eigenvalue weighted by atomic mass is 32.1. The Kier molecular flexibility index (Phi) is 3.57. The number of rotatable bonds is 3. The number of H-pyrrole nitrogens is 1. The zero-order chi connectivity index (χ0) is 14.7. The van der Waals surface area contributed by atoms with Crippen LogP contribution in [0.4, 0.5) is 0 Å². The highest BCUT2D eigenvalue weighted by Gasteiger charge is 2.07. The Morgan fingerprint density at radius 3 is 2.81 bits per heavy atom. The summed E-state index contributed by atoms with van der Waals surface area (Å²) >= 11 is 5.18. The Hall–Kier alpha value is -2.80. The summed E-state index contributed by atoms with van der Waals surface area (Å²) in [5, 5.41) is 20.6. The number of aromatic amines is 1. The van der Waals surface area contributed by atoms with Gasteiger partial charge in [-0.05, 0) is 42.0 Å². The molecule has 0 atom stereocenters. The fourth-order valence-corrected chi connectivity index (χ4v) is 2.00. The quantitative estimate of drug-likeness (QED) is 0.575. The lowest BCUT2D eigenvalue weighted by Gasteiger charge is -2.00. The van der Waals surface area contributed by atoms with Crippen molar-refractivity contribution < 1.29 is 5.11 Å². The van der Waals surface area contributed by atoms with E-state index < -0.39 is 0 Å². The van der Waals surface area contributed by atoms with Crippen molar-refractivity contribution in [3.63, 3.8) is 0 Å². The van der Waals surface area contributed by atoms with Crippen molar-refractivity contribution in [2.45, 2.75) is 0 Å². The van der Waals surface area contributed by atoms with Gasteiger partial charge in [0.15, 0.2) is 5.82 Å². The van der Waals surface area contributed by atoms with Gasteiger partial charge in [-0.3, -0.25) is 4.98 Å². The second kappa shape index (κ2) is 5.68. The van der Waals surface area contributed by atoms with Crippen LogP contribution in [-0.2, 0) is 0 Å². The normalized spacial score (nSPS) is 11.0. The fraction of sp³-hybridized carbons (Fsp3) is 0. The van der Waals surface area contributed by atoms with Crippen LogP contribution < -0.4 is 0 Å². The molecule has 0 radical (unpaired) electrons. The van der Waals surface area contributed by atoms with E-state index in [2.05, 4.69) is 20.3 Å². The van der Waals surface area contributed by atoms with Crippen molar-refractivity contribution in [2.24, 2.45) is 5.10 Å². The fourth-order valence-electron chi connectivity index (χ4n) is 1.82. The third kappa shape index (κ3) is 2.87. The van der Waals surface area contributed by atoms with Crippen LogP contribution in [0, 0.1) is 4.77 Å². The minimum Gasteiger partial charge on any atom is -0.508 e. The molecule has 2 heterocycles. The number of aromatic nitrogens is 4. The summed E-state index contributed by atoms with van der Waals surface area (Å²) in [7, 11) is 0. The maximum absolute atomic E-state index is 9.44. The molecule has 0 aliphatic heterocycles. The molecule has 0 fully saturated rings. The molecule has 7 heteroatoms. The van der Waals surface area contributed by atoms with E-state index in [-0.39, 0.29) is 5.75 Å². The molecule has 0 spiro atoms. The molecular formula is C14H11N5OS. The number of hydrogen-bond donors (Lipinski definition) is 2. The Morgan fingerprint density at radius 2 is 2.05 bits per heavy atom. The zero-order valence-corrected chi connectivity index (χ0v) is 11.7. The first kappa shape index (κ1) is 13.2. The summed E-state index contributed by atoms with van der Waals surface area (Å²) in [4.78, 5) is 3.97. The van der Waals surface area contributed by atoms with Crippen molar-refractivity contribution in [3.8, 4) is 17.1 Å². The monoisotopic (exact) mass is 297 g/mol. The van der Waals surface area contributed by atoms with Crippen molar-refractivity contribution in [1.82, 2.24) is 19.9 Å². The predicted molar refractivity (Wildman–Crippen MR) is 81.7 cm³/mol. The Morgan fingerprint density at radius 1 is 1.24 bits per heavy atom. The van der Waals surface area contributed by atoms with E-state index in [1.807, 2.05) is 18.2 Å². The van der Waals surface area contributed by atoms with Crippen LogP contribution in [0.2, 0.25) is 0 Å². The number of benzene rings is 1. The second-order valence-electron chi connectivity index (χ2n) is 4.24. The molecule has 1 aromatic carbocycles. The van der Waals surface area contributed by atoms with Crippen molar-refractivity contribution in [3.05, 3.63) is 59.1 Å². The van der Waals surface area contributed by atoms with Crippen LogP contribution in [0.3, 0.4) is 0 Å². The molecule has 0 amide bonds. The van der Waals surface area contributed by atoms with Gasteiger partial charge in [-0.15, -0.1) is 0 Å². The van der Waals surface area contributed by atoms with Gasteiger partial charge in [0.2, 0.25) is 4.77 Å². The van der Waals surface area contributed by atoms with Gasteiger partial charge in [-0.25, -0.2) is 5.10 Å². The second-order valence-corrected chi connectivity index (χ2v) is 4.63. The molecule has 0 unspecified atom stereocenters. The third-order valence-corrected chi connectivity index (χ3v) is 3.05. The average molecular weight is 297 g/mol. The Labute approximate surface area is 125 Å². The molecular weight excluding hydrogens is 286 g/mol. The molecule has 6 nitrogen and oxygen atoms in total. The maximum Gasteiger partial charge on any atom is 0.216 e. The molecule has 2 N–H and O–H groups in total. The predicted octanol–water partition coefficient (Wildman–Crippen LogP) is 2.59. The Bertz CT molecular complexity index is 838. The topological polar surface area (TPSA) is 79.1 Å². The summed E-state index contributed by atoms with van der Waals surface area (Å²) in [6.45, 7) is 0. The van der Waals surface area contributed by atoms with E-state index in [1.54, 1.807) is 36.8 Å². The minimum atomic E-state index is 0.184. The van der Waals surface area contributed by atoms with Gasteiger partial charge in [0.05, 0.1) is 6.21 Å². The molecule has 0 saturated carbocycles. The van der Waals surface area contributed by atoms with Gasteiger partial charge in [0, 0.05) is 18.0 Å². The van der Waals surface area contributed by atoms with Gasteiger partial charge < -0.3 is 5.11 Å². The highest BCUT2D eigenvalue weighted by Crippen LogP contribution is 2.16. The molecule has 0 saturated heterocycles. The third-order valence-electron chi connectivity index (χ3n) is 2.78. The average Bonchev–Trinajstić information content (AvgIpc) is 2.87. The minimum absolute atomic E-state index is 0.184. The van der Waals surface area contributed by atoms with E-state index in [4.69, 9.17) is 12.2 Å². The molecule has 3 rings (SSSR count). The highest BCUT2D eigenvalue weighted by molar-refractivity contribution is 7.71. The first-order valence-corrected chi connectivity index (χ1v) is 6.56. The van der Waals surface area contributed by atoms with Crippen LogP contribution in [0.25, 0.3) is 11.4 Å². The van der Waals surface area contributed by atoms with Crippen molar-refractivity contribution >= 4 is 18.4 Å². The molecule has 3 aromatic rings. The SMILES string of the molecule is Oc1cccc(C=Nn2c(-c3ccncc3)n[nH]c2=S)c1. The number of nitrogens with one attached hydrogen (secondary N) is 1. The maximum atomic E-state index is 9.44. The molecule has 104 valence electrons. The summed E-state index contributed by atoms with van der Waals surface area (Å²) in [5.41, 5.74) is 1.61. The lowest BCUT2D eigenvalue weighted by Crippen LogP contribution is -1.95. The van der Waals surface area contributed by atoms with Gasteiger partial charge in [-0.2, -0.15) is 14.9 Å². The van der Waals surface area contributed by atoms with Gasteiger partial charge in [0.1, 0.15) is 5.75 Å². The first-order chi connectivity index (χ1) is 10.2. The van der Waals surface area contributed by atoms with Gasteiger partial charge in [0.25, 0.3) is 0 Å². The molecule has 21 heavy (non-hydrogen) atoms. The van der Waals surface area contributed by atoms with E-state index in [9.17, 15) is 5.11 Å². The lowest BCUT2D eigenvalue weighted by molar-refractivity contribution is 0.475. The number of nitrogens with zero attached hydrogens (tertiary/aromatic N) is 4. The molecule has 2 aromatic heterocycles. The van der Waals surface area contributed by atoms with Crippen molar-refractivity contribution in [1.29, 1.82) is 0 Å². The number of hydrogen-bond acceptors (Lipinski definition) is 5. The molecule has 0 aliphatic rings. The summed E-state index contributed by atoms with van der Waals surface area (Å²) in [6, 6.07) is 10.4. The standard InChI is InChI=1S/C14H11N5OS/c20-12-3-1-2-10(8-12)9-16-19-13(17-18-14(19)21)11-4-6-15-7-5-11/h1-9,20H,(H,18,21). The summed E-state index contributed by atoms with van der Waals surface area (Å²) in [5.74, 6) is 0.780. The Balaban J connectivity index is 2.00. The number of aromatic hydroxyl groups is 1. The van der Waals surface area contributed by atoms with E-state index in [0.717, 1.165) is 11.1 Å². The largest absolute Gasteiger partial charge is 0.508 e. The van der Waals surface area contributed by atoms with E-state index >= 15 is 0 Å². The zero-order valence-electron chi connectivity index (χ0n) is 10.8. The van der Waals surface area contributed by atoms with E-state index in [1.165, 1.54) is 4.68 Å². The van der Waals surface area contributed by atoms with Crippen LogP contribution in [0.15, 0.2) is 53.9 Å². The van der Waals surface area contributed by atoms with Gasteiger partial charge >= 0.3 is 0 Å². The van der Waals surface area contributed by atoms with Crippen LogP contribution >= 0.6 is 12.2 Å².